The van der Waals surface area contributed by atoms with Crippen LogP contribution in [0.15, 0.2) is 43.1 Å². The molecule has 0 fully saturated rings. The molecule has 0 bridgehead atoms. The molecular formula is C19H17N3. The fourth-order valence-electron chi connectivity index (χ4n) is 2.81. The van der Waals surface area contributed by atoms with Gasteiger partial charge in [-0.2, -0.15) is 5.26 Å². The molecule has 3 heteroatoms. The van der Waals surface area contributed by atoms with Crippen LogP contribution in [0.2, 0.25) is 0 Å². The van der Waals surface area contributed by atoms with Crippen molar-refractivity contribution in [2.24, 2.45) is 0 Å². The number of allylic oxidation sites excluding steroid dienone is 2. The monoisotopic (exact) mass is 287 g/mol. The van der Waals surface area contributed by atoms with E-state index in [2.05, 4.69) is 41.7 Å². The topological polar surface area (TPSA) is 52.5 Å². The molecule has 0 saturated heterocycles. The van der Waals surface area contributed by atoms with E-state index in [1.807, 2.05) is 24.3 Å². The number of fused-ring (bicyclic) bond motifs is 3. The van der Waals surface area contributed by atoms with E-state index in [0.29, 0.717) is 5.56 Å². The lowest BCUT2D eigenvalue weighted by Crippen LogP contribution is -1.85. The summed E-state index contributed by atoms with van der Waals surface area (Å²) in [4.78, 5) is 7.97. The molecule has 3 nitrogen and oxygen atoms in total. The van der Waals surface area contributed by atoms with E-state index < -0.39 is 0 Å². The molecule has 0 radical (unpaired) electrons. The number of nitrogens with zero attached hydrogens (tertiary/aromatic N) is 2. The number of pyridine rings is 1. The minimum Gasteiger partial charge on any atom is -0.356 e. The number of aryl methyl sites for hydroxylation is 1. The van der Waals surface area contributed by atoms with Gasteiger partial charge in [-0.15, -0.1) is 6.58 Å². The summed E-state index contributed by atoms with van der Waals surface area (Å²) < 4.78 is 0. The summed E-state index contributed by atoms with van der Waals surface area (Å²) in [7, 11) is 0. The third-order valence-electron chi connectivity index (χ3n) is 3.85. The van der Waals surface area contributed by atoms with Crippen molar-refractivity contribution in [1.29, 1.82) is 5.26 Å². The molecule has 0 aliphatic rings. The zero-order valence-corrected chi connectivity index (χ0v) is 12.6. The average molecular weight is 287 g/mol. The number of hydrogen-bond donors (Lipinski definition) is 1. The fourth-order valence-corrected chi connectivity index (χ4v) is 2.81. The zero-order chi connectivity index (χ0) is 15.5. The Balaban J connectivity index is 2.39. The zero-order valence-electron chi connectivity index (χ0n) is 12.6. The lowest BCUT2D eigenvalue weighted by molar-refractivity contribution is 1.07. The van der Waals surface area contributed by atoms with Crippen LogP contribution >= 0.6 is 0 Å². The van der Waals surface area contributed by atoms with Crippen LogP contribution in [0.3, 0.4) is 0 Å². The van der Waals surface area contributed by atoms with Crippen LogP contribution in [-0.4, -0.2) is 9.97 Å². The Bertz CT molecular complexity index is 923. The van der Waals surface area contributed by atoms with Gasteiger partial charge in [0, 0.05) is 28.2 Å². The maximum Gasteiger partial charge on any atom is 0.0999 e. The number of rotatable bonds is 4. The summed E-state index contributed by atoms with van der Waals surface area (Å²) in [6, 6.07) is 8.06. The smallest absolute Gasteiger partial charge is 0.0999 e. The minimum atomic E-state index is 0.663. The van der Waals surface area contributed by atoms with Crippen LogP contribution < -0.4 is 0 Å². The maximum absolute atomic E-state index is 9.44. The third kappa shape index (κ3) is 2.19. The highest BCUT2D eigenvalue weighted by molar-refractivity contribution is 6.09. The second-order valence-corrected chi connectivity index (χ2v) is 5.16. The summed E-state index contributed by atoms with van der Waals surface area (Å²) in [5, 5.41) is 11.4. The van der Waals surface area contributed by atoms with Gasteiger partial charge < -0.3 is 4.98 Å². The van der Waals surface area contributed by atoms with Crippen LogP contribution in [0.5, 0.6) is 0 Å². The first-order valence-electron chi connectivity index (χ1n) is 7.40. The maximum atomic E-state index is 9.44. The lowest BCUT2D eigenvalue weighted by Gasteiger charge is -2.01. The summed E-state index contributed by atoms with van der Waals surface area (Å²) >= 11 is 0. The third-order valence-corrected chi connectivity index (χ3v) is 3.85. The second kappa shape index (κ2) is 5.87. The Kier molecular flexibility index (Phi) is 3.76. The van der Waals surface area contributed by atoms with Gasteiger partial charge in [0.25, 0.3) is 0 Å². The number of aromatic amines is 1. The van der Waals surface area contributed by atoms with Crippen molar-refractivity contribution >= 4 is 27.9 Å². The Morgan fingerprint density at radius 3 is 3.00 bits per heavy atom. The predicted octanol–water partition coefficient (Wildman–Crippen LogP) is 4.74. The molecule has 3 rings (SSSR count). The molecule has 108 valence electrons. The number of hydrogen-bond acceptors (Lipinski definition) is 2. The van der Waals surface area contributed by atoms with Crippen molar-refractivity contribution in [3.8, 4) is 6.07 Å². The van der Waals surface area contributed by atoms with E-state index in [1.165, 1.54) is 0 Å². The average Bonchev–Trinajstić information content (AvgIpc) is 2.92. The van der Waals surface area contributed by atoms with Crippen LogP contribution in [0.25, 0.3) is 27.9 Å². The normalized spacial score (nSPS) is 11.3. The van der Waals surface area contributed by atoms with E-state index in [9.17, 15) is 5.26 Å². The highest BCUT2D eigenvalue weighted by Crippen LogP contribution is 2.31. The number of H-pyrrole nitrogens is 1. The molecule has 2 aromatic heterocycles. The summed E-state index contributed by atoms with van der Waals surface area (Å²) in [6.07, 6.45) is 9.56. The van der Waals surface area contributed by atoms with Crippen molar-refractivity contribution in [2.75, 3.05) is 0 Å². The number of benzene rings is 1. The van der Waals surface area contributed by atoms with Gasteiger partial charge in [0.15, 0.2) is 0 Å². The van der Waals surface area contributed by atoms with Gasteiger partial charge in [0.1, 0.15) is 0 Å². The van der Waals surface area contributed by atoms with E-state index in [0.717, 1.165) is 45.9 Å². The lowest BCUT2D eigenvalue weighted by atomic mass is 10.0. The van der Waals surface area contributed by atoms with Gasteiger partial charge in [-0.1, -0.05) is 25.2 Å². The first-order chi connectivity index (χ1) is 10.8. The molecule has 0 spiro atoms. The molecular weight excluding hydrogens is 270 g/mol. The first-order valence-corrected chi connectivity index (χ1v) is 7.40. The molecule has 0 aliphatic heterocycles. The Hall–Kier alpha value is -2.86. The second-order valence-electron chi connectivity index (χ2n) is 5.16. The summed E-state index contributed by atoms with van der Waals surface area (Å²) in [6.45, 7) is 5.86. The van der Waals surface area contributed by atoms with E-state index >= 15 is 0 Å². The van der Waals surface area contributed by atoms with Crippen molar-refractivity contribution in [2.45, 2.75) is 19.8 Å². The molecule has 0 amide bonds. The van der Waals surface area contributed by atoms with Gasteiger partial charge in [-0.05, 0) is 31.0 Å². The van der Waals surface area contributed by atoms with Crippen molar-refractivity contribution < 1.29 is 0 Å². The van der Waals surface area contributed by atoms with Crippen LogP contribution in [0, 0.1) is 11.3 Å². The van der Waals surface area contributed by atoms with Crippen LogP contribution in [0.1, 0.15) is 30.2 Å². The molecule has 0 atom stereocenters. The standard InChI is InChI=1S/C19H17N3/c1-3-5-6-8-15-16-11-13(12-20)14-9-7-10-21-18(14)19(16)22-17(15)4-2/h3,6-11,22H,1,4-5H2,2H3/b8-6-. The summed E-state index contributed by atoms with van der Waals surface area (Å²) in [5.41, 5.74) is 4.83. The predicted molar refractivity (Wildman–Crippen MR) is 91.5 cm³/mol. The van der Waals surface area contributed by atoms with Crippen LogP contribution in [0.4, 0.5) is 0 Å². The molecule has 2 heterocycles. The van der Waals surface area contributed by atoms with E-state index in [1.54, 1.807) is 6.20 Å². The molecule has 22 heavy (non-hydrogen) atoms. The quantitative estimate of drug-likeness (QED) is 0.705. The van der Waals surface area contributed by atoms with Crippen molar-refractivity contribution in [3.05, 3.63) is 59.9 Å². The Morgan fingerprint density at radius 2 is 2.27 bits per heavy atom. The molecule has 1 aromatic carbocycles. The number of aromatic nitrogens is 2. The van der Waals surface area contributed by atoms with Crippen LogP contribution in [-0.2, 0) is 6.42 Å². The largest absolute Gasteiger partial charge is 0.356 e. The van der Waals surface area contributed by atoms with E-state index in [-0.39, 0.29) is 0 Å². The molecule has 1 N–H and O–H groups in total. The SMILES string of the molecule is C=CC/C=C\c1c(CC)[nH]c2c1cc(C#N)c1cccnc12. The molecule has 0 saturated carbocycles. The summed E-state index contributed by atoms with van der Waals surface area (Å²) in [5.74, 6) is 0. The first kappa shape index (κ1) is 14.1. The van der Waals surface area contributed by atoms with E-state index in [4.69, 9.17) is 0 Å². The van der Waals surface area contributed by atoms with Gasteiger partial charge >= 0.3 is 0 Å². The Labute approximate surface area is 129 Å². The van der Waals surface area contributed by atoms with Gasteiger partial charge in [0.2, 0.25) is 0 Å². The minimum absolute atomic E-state index is 0.663. The fraction of sp³-hybridized carbons (Fsp3) is 0.158. The van der Waals surface area contributed by atoms with Crippen molar-refractivity contribution in [1.82, 2.24) is 9.97 Å². The van der Waals surface area contributed by atoms with Crippen molar-refractivity contribution in [3.63, 3.8) is 0 Å². The highest BCUT2D eigenvalue weighted by Gasteiger charge is 2.14. The molecule has 0 aliphatic carbocycles. The molecule has 0 unspecified atom stereocenters. The number of nitriles is 1. The highest BCUT2D eigenvalue weighted by atomic mass is 14.8. The Morgan fingerprint density at radius 1 is 1.41 bits per heavy atom. The van der Waals surface area contributed by atoms with Gasteiger partial charge in [-0.25, -0.2) is 0 Å². The van der Waals surface area contributed by atoms with Gasteiger partial charge in [-0.3, -0.25) is 4.98 Å². The number of nitrogens with one attached hydrogen (secondary N) is 1. The molecule has 3 aromatic rings. The van der Waals surface area contributed by atoms with Gasteiger partial charge in [0.05, 0.1) is 22.7 Å².